The minimum absolute atomic E-state index is 0.0750. The Labute approximate surface area is 143 Å². The predicted octanol–water partition coefficient (Wildman–Crippen LogP) is 2.36. The summed E-state index contributed by atoms with van der Waals surface area (Å²) >= 11 is 6.03. The van der Waals surface area contributed by atoms with Gasteiger partial charge in [-0.05, 0) is 24.6 Å². The van der Waals surface area contributed by atoms with E-state index in [-0.39, 0.29) is 29.4 Å². The highest BCUT2D eigenvalue weighted by Crippen LogP contribution is 2.30. The van der Waals surface area contributed by atoms with Crippen LogP contribution in [0.1, 0.15) is 39.6 Å². The van der Waals surface area contributed by atoms with Gasteiger partial charge in [-0.15, -0.1) is 0 Å². The molecule has 2 heterocycles. The molecule has 1 fully saturated rings. The van der Waals surface area contributed by atoms with Crippen LogP contribution in [0.5, 0.6) is 0 Å². The third-order valence-corrected chi connectivity index (χ3v) is 4.26. The number of morpholine rings is 1. The number of carbonyl (C=O) groups excluding carboxylic acids is 1. The highest BCUT2D eigenvalue weighted by Gasteiger charge is 2.34. The van der Waals surface area contributed by atoms with Gasteiger partial charge in [-0.2, -0.15) is 5.10 Å². The van der Waals surface area contributed by atoms with E-state index in [0.717, 1.165) is 5.56 Å². The van der Waals surface area contributed by atoms with Gasteiger partial charge in [0, 0.05) is 17.6 Å². The molecular formula is C16H16ClN3O4. The molecule has 1 aliphatic rings. The Hall–Kier alpha value is -2.38. The number of hydrogen-bond acceptors (Lipinski definition) is 4. The number of hydrogen-bond donors (Lipinski definition) is 2. The van der Waals surface area contributed by atoms with E-state index in [4.69, 9.17) is 21.4 Å². The number of benzene rings is 1. The molecule has 0 spiro atoms. The molecule has 2 atom stereocenters. The van der Waals surface area contributed by atoms with E-state index in [9.17, 15) is 9.59 Å². The second-order valence-corrected chi connectivity index (χ2v) is 5.99. The minimum atomic E-state index is -1.16. The van der Waals surface area contributed by atoms with E-state index in [1.165, 1.54) is 6.07 Å². The quantitative estimate of drug-likeness (QED) is 0.886. The van der Waals surface area contributed by atoms with E-state index in [1.54, 1.807) is 11.0 Å². The SMILES string of the molecule is C[C@@H]1[C@@H](c2cccc(Cl)c2)OCCN1C(=O)c1cc(C(=O)O)[nH]n1. The van der Waals surface area contributed by atoms with Crippen molar-refractivity contribution in [1.29, 1.82) is 0 Å². The van der Waals surface area contributed by atoms with Gasteiger partial charge in [0.15, 0.2) is 5.69 Å². The zero-order chi connectivity index (χ0) is 17.3. The molecule has 0 unspecified atom stereocenters. The number of aromatic nitrogens is 2. The summed E-state index contributed by atoms with van der Waals surface area (Å²) in [6, 6.07) is 8.32. The van der Waals surface area contributed by atoms with Gasteiger partial charge in [-0.25, -0.2) is 4.79 Å². The van der Waals surface area contributed by atoms with Crippen LogP contribution in [0.25, 0.3) is 0 Å². The Morgan fingerprint density at radius 2 is 2.21 bits per heavy atom. The summed E-state index contributed by atoms with van der Waals surface area (Å²) < 4.78 is 5.82. The number of ether oxygens (including phenoxy) is 1. The number of nitrogens with one attached hydrogen (secondary N) is 1. The first-order chi connectivity index (χ1) is 11.5. The predicted molar refractivity (Wildman–Crippen MR) is 86.2 cm³/mol. The number of carbonyl (C=O) groups is 2. The van der Waals surface area contributed by atoms with Crippen molar-refractivity contribution < 1.29 is 19.4 Å². The lowest BCUT2D eigenvalue weighted by atomic mass is 10.00. The lowest BCUT2D eigenvalue weighted by Crippen LogP contribution is -2.48. The highest BCUT2D eigenvalue weighted by molar-refractivity contribution is 6.30. The van der Waals surface area contributed by atoms with E-state index < -0.39 is 5.97 Å². The molecule has 24 heavy (non-hydrogen) atoms. The van der Waals surface area contributed by atoms with Gasteiger partial charge in [0.1, 0.15) is 11.8 Å². The fourth-order valence-corrected chi connectivity index (χ4v) is 3.02. The summed E-state index contributed by atoms with van der Waals surface area (Å²) in [7, 11) is 0. The van der Waals surface area contributed by atoms with Gasteiger partial charge >= 0.3 is 5.97 Å². The molecule has 1 aromatic carbocycles. The molecule has 126 valence electrons. The second-order valence-electron chi connectivity index (χ2n) is 5.56. The Bertz CT molecular complexity index is 776. The van der Waals surface area contributed by atoms with Crippen molar-refractivity contribution in [2.24, 2.45) is 0 Å². The van der Waals surface area contributed by atoms with Crippen LogP contribution >= 0.6 is 11.6 Å². The van der Waals surface area contributed by atoms with Crippen LogP contribution in [0.3, 0.4) is 0 Å². The van der Waals surface area contributed by atoms with Crippen LogP contribution in [0.4, 0.5) is 0 Å². The summed E-state index contributed by atoms with van der Waals surface area (Å²) in [5.74, 6) is -1.49. The van der Waals surface area contributed by atoms with Crippen molar-refractivity contribution >= 4 is 23.5 Å². The first kappa shape index (κ1) is 16.5. The van der Waals surface area contributed by atoms with E-state index in [1.807, 2.05) is 25.1 Å². The van der Waals surface area contributed by atoms with Crippen molar-refractivity contribution in [2.75, 3.05) is 13.2 Å². The van der Waals surface area contributed by atoms with Gasteiger partial charge in [-0.3, -0.25) is 9.89 Å². The monoisotopic (exact) mass is 349 g/mol. The van der Waals surface area contributed by atoms with Crippen LogP contribution < -0.4 is 0 Å². The van der Waals surface area contributed by atoms with Gasteiger partial charge in [-0.1, -0.05) is 23.7 Å². The van der Waals surface area contributed by atoms with E-state index in [0.29, 0.717) is 18.2 Å². The molecule has 0 saturated carbocycles. The number of H-pyrrole nitrogens is 1. The van der Waals surface area contributed by atoms with Crippen molar-refractivity contribution in [3.8, 4) is 0 Å². The third-order valence-electron chi connectivity index (χ3n) is 4.02. The van der Waals surface area contributed by atoms with E-state index in [2.05, 4.69) is 10.2 Å². The fourth-order valence-electron chi connectivity index (χ4n) is 2.82. The van der Waals surface area contributed by atoms with Crippen molar-refractivity contribution in [3.63, 3.8) is 0 Å². The summed E-state index contributed by atoms with van der Waals surface area (Å²) in [5, 5.41) is 15.7. The largest absolute Gasteiger partial charge is 0.477 e. The molecule has 0 aliphatic carbocycles. The summed E-state index contributed by atoms with van der Waals surface area (Å²) in [6.07, 6.45) is -0.306. The van der Waals surface area contributed by atoms with E-state index >= 15 is 0 Å². The van der Waals surface area contributed by atoms with Gasteiger partial charge < -0.3 is 14.7 Å². The van der Waals surface area contributed by atoms with Crippen molar-refractivity contribution in [3.05, 3.63) is 52.3 Å². The molecule has 7 nitrogen and oxygen atoms in total. The average Bonchev–Trinajstić information content (AvgIpc) is 3.05. The number of amides is 1. The third kappa shape index (κ3) is 3.13. The van der Waals surface area contributed by atoms with Crippen molar-refractivity contribution in [1.82, 2.24) is 15.1 Å². The van der Waals surface area contributed by atoms with Crippen LogP contribution in [-0.4, -0.2) is 51.3 Å². The lowest BCUT2D eigenvalue weighted by molar-refractivity contribution is -0.0553. The molecule has 2 aromatic rings. The van der Waals surface area contributed by atoms with Crippen LogP contribution in [-0.2, 0) is 4.74 Å². The van der Waals surface area contributed by atoms with Gasteiger partial charge in [0.05, 0.1) is 12.6 Å². The number of aromatic amines is 1. The fraction of sp³-hybridized carbons (Fsp3) is 0.312. The highest BCUT2D eigenvalue weighted by atomic mass is 35.5. The Morgan fingerprint density at radius 3 is 2.88 bits per heavy atom. The van der Waals surface area contributed by atoms with Crippen LogP contribution in [0.2, 0.25) is 5.02 Å². The molecule has 2 N–H and O–H groups in total. The van der Waals surface area contributed by atoms with Crippen LogP contribution in [0, 0.1) is 0 Å². The Morgan fingerprint density at radius 1 is 1.42 bits per heavy atom. The smallest absolute Gasteiger partial charge is 0.353 e. The normalized spacial score (nSPS) is 20.8. The van der Waals surface area contributed by atoms with Gasteiger partial charge in [0.2, 0.25) is 0 Å². The van der Waals surface area contributed by atoms with Crippen LogP contribution in [0.15, 0.2) is 30.3 Å². The standard InChI is InChI=1S/C16H16ClN3O4/c1-9-14(10-3-2-4-11(17)7-10)24-6-5-20(9)15(21)12-8-13(16(22)23)19-18-12/h2-4,7-9,14H,5-6H2,1H3,(H,18,19)(H,22,23)/t9-,14+/m1/s1. The molecular weight excluding hydrogens is 334 g/mol. The summed E-state index contributed by atoms with van der Waals surface area (Å²) in [5.41, 5.74) is 0.845. The second kappa shape index (κ2) is 6.62. The molecule has 8 heteroatoms. The summed E-state index contributed by atoms with van der Waals surface area (Å²) in [4.78, 5) is 25.2. The first-order valence-corrected chi connectivity index (χ1v) is 7.82. The molecule has 1 aromatic heterocycles. The van der Waals surface area contributed by atoms with Gasteiger partial charge in [0.25, 0.3) is 5.91 Å². The Kier molecular flexibility index (Phi) is 4.55. The number of carboxylic acids is 1. The minimum Gasteiger partial charge on any atom is -0.477 e. The first-order valence-electron chi connectivity index (χ1n) is 7.44. The number of rotatable bonds is 3. The number of aromatic carboxylic acids is 1. The lowest BCUT2D eigenvalue weighted by Gasteiger charge is -2.39. The maximum Gasteiger partial charge on any atom is 0.353 e. The number of halogens is 1. The Balaban J connectivity index is 1.82. The molecule has 3 rings (SSSR count). The summed E-state index contributed by atoms with van der Waals surface area (Å²) in [6.45, 7) is 2.67. The average molecular weight is 350 g/mol. The number of carboxylic acid groups (broad SMARTS) is 1. The molecule has 1 saturated heterocycles. The molecule has 1 amide bonds. The topological polar surface area (TPSA) is 95.5 Å². The number of nitrogens with zero attached hydrogens (tertiary/aromatic N) is 2. The maximum atomic E-state index is 12.7. The maximum absolute atomic E-state index is 12.7. The molecule has 1 aliphatic heterocycles. The van der Waals surface area contributed by atoms with Crippen molar-refractivity contribution in [2.45, 2.75) is 19.1 Å². The molecule has 0 bridgehead atoms. The zero-order valence-corrected chi connectivity index (χ0v) is 13.7. The zero-order valence-electron chi connectivity index (χ0n) is 12.9. The molecule has 0 radical (unpaired) electrons.